The molecule has 0 radical (unpaired) electrons. The van der Waals surface area contributed by atoms with Crippen LogP contribution < -0.4 is 10.1 Å². The zero-order valence-corrected chi connectivity index (χ0v) is 21.1. The van der Waals surface area contributed by atoms with Gasteiger partial charge in [0, 0.05) is 31.7 Å². The van der Waals surface area contributed by atoms with Crippen LogP contribution in [0.4, 0.5) is 0 Å². The zero-order valence-electron chi connectivity index (χ0n) is 19.5. The van der Waals surface area contributed by atoms with E-state index in [-0.39, 0.29) is 37.0 Å². The van der Waals surface area contributed by atoms with E-state index in [1.165, 1.54) is 24.1 Å². The molecule has 9 nitrogen and oxygen atoms in total. The molecule has 0 saturated carbocycles. The number of amides is 3. The Balaban J connectivity index is 1.51. The maximum atomic E-state index is 13.5. The Morgan fingerprint density at radius 3 is 2.25 bits per heavy atom. The van der Waals surface area contributed by atoms with Gasteiger partial charge in [0.15, 0.2) is 0 Å². The molecule has 0 aliphatic carbocycles. The van der Waals surface area contributed by atoms with Gasteiger partial charge in [-0.2, -0.15) is 0 Å². The second-order valence-corrected chi connectivity index (χ2v) is 11.0. The number of rotatable bonds is 7. The van der Waals surface area contributed by atoms with Crippen LogP contribution in [0.25, 0.3) is 0 Å². The van der Waals surface area contributed by atoms with Crippen LogP contribution in [0.1, 0.15) is 20.0 Å². The summed E-state index contributed by atoms with van der Waals surface area (Å²) in [6.07, 6.45) is 0. The van der Waals surface area contributed by atoms with Crippen LogP contribution in [0, 0.1) is 0 Å². The molecule has 3 aromatic rings. The standard InChI is InChI=1S/C25H25N3O6S2/c1-34-19-8-5-7-18(17-19)24(30)27-12-14-28(15-13-27)25(31)23(26-22(29)21-11-6-16-35-21)36(32,33)20-9-3-2-4-10-20/h2-11,16-17,23H,12-15H2,1H3,(H,26,29). The van der Waals surface area contributed by atoms with Gasteiger partial charge >= 0.3 is 0 Å². The fraction of sp³-hybridized carbons (Fsp3) is 0.240. The molecule has 2 heterocycles. The zero-order chi connectivity index (χ0) is 25.7. The number of benzene rings is 2. The monoisotopic (exact) mass is 527 g/mol. The predicted molar refractivity (Wildman–Crippen MR) is 135 cm³/mol. The van der Waals surface area contributed by atoms with Crippen LogP contribution in [-0.4, -0.2) is 74.6 Å². The molecule has 36 heavy (non-hydrogen) atoms. The lowest BCUT2D eigenvalue weighted by atomic mass is 10.1. The predicted octanol–water partition coefficient (Wildman–Crippen LogP) is 2.27. The van der Waals surface area contributed by atoms with E-state index in [1.807, 2.05) is 0 Å². The van der Waals surface area contributed by atoms with Gasteiger partial charge in [0.2, 0.25) is 15.2 Å². The molecule has 1 aromatic heterocycles. The first-order chi connectivity index (χ1) is 17.3. The van der Waals surface area contributed by atoms with Crippen molar-refractivity contribution in [2.45, 2.75) is 10.3 Å². The lowest BCUT2D eigenvalue weighted by molar-refractivity contribution is -0.132. The van der Waals surface area contributed by atoms with Crippen molar-refractivity contribution in [3.8, 4) is 5.75 Å². The van der Waals surface area contributed by atoms with Crippen molar-refractivity contribution >= 4 is 38.9 Å². The highest BCUT2D eigenvalue weighted by Crippen LogP contribution is 2.20. The van der Waals surface area contributed by atoms with Gasteiger partial charge in [-0.25, -0.2) is 8.42 Å². The number of hydrogen-bond donors (Lipinski definition) is 1. The molecule has 1 unspecified atom stereocenters. The van der Waals surface area contributed by atoms with Gasteiger partial charge in [0.05, 0.1) is 16.9 Å². The topological polar surface area (TPSA) is 113 Å². The fourth-order valence-electron chi connectivity index (χ4n) is 3.85. The average molecular weight is 528 g/mol. The van der Waals surface area contributed by atoms with Crippen LogP contribution in [0.5, 0.6) is 5.75 Å². The Morgan fingerprint density at radius 2 is 1.61 bits per heavy atom. The SMILES string of the molecule is COc1cccc(C(=O)N2CCN(C(=O)C(NC(=O)c3cccs3)S(=O)(=O)c3ccccc3)CC2)c1. The minimum atomic E-state index is -4.23. The summed E-state index contributed by atoms with van der Waals surface area (Å²) in [6, 6.07) is 17.6. The quantitative estimate of drug-likeness (QED) is 0.504. The van der Waals surface area contributed by atoms with Gasteiger partial charge in [-0.05, 0) is 41.8 Å². The van der Waals surface area contributed by atoms with E-state index in [0.29, 0.717) is 16.2 Å². The Bertz CT molecular complexity index is 1340. The molecule has 1 atom stereocenters. The van der Waals surface area contributed by atoms with Crippen molar-refractivity contribution in [2.24, 2.45) is 0 Å². The number of sulfone groups is 1. The molecule has 1 aliphatic rings. The van der Waals surface area contributed by atoms with E-state index >= 15 is 0 Å². The minimum Gasteiger partial charge on any atom is -0.497 e. The van der Waals surface area contributed by atoms with Gasteiger partial charge in [0.25, 0.3) is 17.7 Å². The number of piperazine rings is 1. The molecule has 2 aromatic carbocycles. The van der Waals surface area contributed by atoms with E-state index in [2.05, 4.69) is 5.32 Å². The number of nitrogens with one attached hydrogen (secondary N) is 1. The maximum absolute atomic E-state index is 13.5. The average Bonchev–Trinajstić information content (AvgIpc) is 3.47. The van der Waals surface area contributed by atoms with Crippen molar-refractivity contribution in [3.05, 3.63) is 82.6 Å². The highest BCUT2D eigenvalue weighted by atomic mass is 32.2. The molecular formula is C25H25N3O6S2. The first-order valence-electron chi connectivity index (χ1n) is 11.2. The minimum absolute atomic E-state index is 0.0679. The Morgan fingerprint density at radius 1 is 0.917 bits per heavy atom. The van der Waals surface area contributed by atoms with Crippen molar-refractivity contribution in [1.82, 2.24) is 15.1 Å². The number of methoxy groups -OCH3 is 1. The fourth-order valence-corrected chi connectivity index (χ4v) is 5.96. The Kier molecular flexibility index (Phi) is 7.70. The summed E-state index contributed by atoms with van der Waals surface area (Å²) in [6.45, 7) is 0.700. The third-order valence-electron chi connectivity index (χ3n) is 5.81. The maximum Gasteiger partial charge on any atom is 0.262 e. The summed E-state index contributed by atoms with van der Waals surface area (Å²) in [5, 5.41) is 2.32. The number of thiophene rings is 1. The van der Waals surface area contributed by atoms with Gasteiger partial charge in [-0.15, -0.1) is 11.3 Å². The molecule has 188 valence electrons. The van der Waals surface area contributed by atoms with E-state index in [9.17, 15) is 22.8 Å². The van der Waals surface area contributed by atoms with E-state index in [4.69, 9.17) is 4.74 Å². The Hall–Kier alpha value is -3.70. The number of carbonyl (C=O) groups excluding carboxylic acids is 3. The smallest absolute Gasteiger partial charge is 0.262 e. The Labute approximate surface area is 213 Å². The van der Waals surface area contributed by atoms with Gasteiger partial charge in [-0.3, -0.25) is 14.4 Å². The number of ether oxygens (including phenoxy) is 1. The second kappa shape index (κ2) is 10.9. The summed E-state index contributed by atoms with van der Waals surface area (Å²) < 4.78 is 32.0. The largest absolute Gasteiger partial charge is 0.497 e. The molecule has 1 N–H and O–H groups in total. The molecule has 11 heteroatoms. The van der Waals surface area contributed by atoms with Crippen molar-refractivity contribution < 1.29 is 27.5 Å². The number of carbonyl (C=O) groups is 3. The number of nitrogens with zero attached hydrogens (tertiary/aromatic N) is 2. The van der Waals surface area contributed by atoms with Gasteiger partial charge in [0.1, 0.15) is 5.75 Å². The lowest BCUT2D eigenvalue weighted by Gasteiger charge is -2.36. The molecule has 0 spiro atoms. The van der Waals surface area contributed by atoms with E-state index in [1.54, 1.807) is 64.9 Å². The summed E-state index contributed by atoms with van der Waals surface area (Å²) in [5.74, 6) is -1.03. The van der Waals surface area contributed by atoms with Gasteiger partial charge in [-0.1, -0.05) is 30.3 Å². The third kappa shape index (κ3) is 5.42. The molecule has 3 amide bonds. The first kappa shape index (κ1) is 25.4. The lowest BCUT2D eigenvalue weighted by Crippen LogP contribution is -2.57. The van der Waals surface area contributed by atoms with Crippen molar-refractivity contribution in [2.75, 3.05) is 33.3 Å². The summed E-state index contributed by atoms with van der Waals surface area (Å²) in [5.41, 5.74) is 0.460. The van der Waals surface area contributed by atoms with E-state index in [0.717, 1.165) is 11.3 Å². The van der Waals surface area contributed by atoms with Crippen molar-refractivity contribution in [3.63, 3.8) is 0 Å². The van der Waals surface area contributed by atoms with Crippen LogP contribution in [-0.2, 0) is 14.6 Å². The van der Waals surface area contributed by atoms with Crippen LogP contribution in [0.3, 0.4) is 0 Å². The van der Waals surface area contributed by atoms with Crippen LogP contribution >= 0.6 is 11.3 Å². The normalized spacial score (nSPS) is 14.7. The molecule has 1 aliphatic heterocycles. The molecule has 1 fully saturated rings. The second-order valence-electron chi connectivity index (χ2n) is 8.04. The summed E-state index contributed by atoms with van der Waals surface area (Å²) >= 11 is 1.15. The van der Waals surface area contributed by atoms with Crippen LogP contribution in [0.15, 0.2) is 77.0 Å². The highest BCUT2D eigenvalue weighted by Gasteiger charge is 2.39. The highest BCUT2D eigenvalue weighted by molar-refractivity contribution is 7.92. The molecule has 1 saturated heterocycles. The van der Waals surface area contributed by atoms with Crippen molar-refractivity contribution in [1.29, 1.82) is 0 Å². The molecule has 4 rings (SSSR count). The molecule has 0 bridgehead atoms. The van der Waals surface area contributed by atoms with Crippen LogP contribution in [0.2, 0.25) is 0 Å². The first-order valence-corrected chi connectivity index (χ1v) is 13.6. The van der Waals surface area contributed by atoms with Gasteiger partial charge < -0.3 is 19.9 Å². The third-order valence-corrected chi connectivity index (χ3v) is 8.55. The number of hydrogen-bond acceptors (Lipinski definition) is 7. The molecular weight excluding hydrogens is 502 g/mol. The summed E-state index contributed by atoms with van der Waals surface area (Å²) in [7, 11) is -2.71. The van der Waals surface area contributed by atoms with E-state index < -0.39 is 27.0 Å². The summed E-state index contributed by atoms with van der Waals surface area (Å²) in [4.78, 5) is 42.3.